The van der Waals surface area contributed by atoms with E-state index in [0.717, 1.165) is 11.1 Å². The van der Waals surface area contributed by atoms with Crippen LogP contribution in [0.4, 0.5) is 9.18 Å². The molecule has 1 saturated heterocycles. The first-order valence-electron chi connectivity index (χ1n) is 8.47. The second kappa shape index (κ2) is 7.99. The number of ether oxygens (including phenoxy) is 1. The topological polar surface area (TPSA) is 66.8 Å². The molecule has 0 aromatic heterocycles. The van der Waals surface area contributed by atoms with E-state index in [4.69, 9.17) is 4.74 Å². The lowest BCUT2D eigenvalue weighted by Crippen LogP contribution is -2.45. The summed E-state index contributed by atoms with van der Waals surface area (Å²) in [6.07, 6.45) is -0.129. The number of halogens is 1. The molecule has 1 aliphatic rings. The van der Waals surface area contributed by atoms with Gasteiger partial charge >= 0.3 is 12.1 Å². The minimum atomic E-state index is -0.947. The van der Waals surface area contributed by atoms with Crippen LogP contribution in [0.2, 0.25) is 0 Å². The zero-order chi connectivity index (χ0) is 18.5. The van der Waals surface area contributed by atoms with Crippen molar-refractivity contribution in [3.05, 3.63) is 71.5 Å². The third kappa shape index (κ3) is 4.39. The molecule has 1 heterocycles. The molecule has 5 nitrogen and oxygen atoms in total. The van der Waals surface area contributed by atoms with Gasteiger partial charge in [-0.05, 0) is 29.7 Å². The van der Waals surface area contributed by atoms with E-state index < -0.39 is 18.0 Å². The molecule has 2 aromatic carbocycles. The number of nitrogens with zero attached hydrogens (tertiary/aromatic N) is 1. The Labute approximate surface area is 151 Å². The Balaban J connectivity index is 1.69. The first-order chi connectivity index (χ1) is 12.5. The zero-order valence-corrected chi connectivity index (χ0v) is 14.2. The van der Waals surface area contributed by atoms with Crippen LogP contribution in [0.5, 0.6) is 0 Å². The van der Waals surface area contributed by atoms with Crippen molar-refractivity contribution in [2.45, 2.75) is 18.9 Å². The van der Waals surface area contributed by atoms with E-state index >= 15 is 0 Å². The minimum absolute atomic E-state index is 0.112. The number of likely N-dealkylation sites (tertiary alicyclic amines) is 1. The molecule has 26 heavy (non-hydrogen) atoms. The van der Waals surface area contributed by atoms with Crippen LogP contribution >= 0.6 is 0 Å². The SMILES string of the molecule is O=C(O)C1CC(c2ccc(F)cc2)CN(C(=O)OCc2ccccc2)C1. The molecular formula is C20H20FNO4. The molecule has 1 fully saturated rings. The molecule has 2 atom stereocenters. The molecule has 1 aliphatic heterocycles. The van der Waals surface area contributed by atoms with Crippen molar-refractivity contribution < 1.29 is 23.8 Å². The third-order valence-corrected chi connectivity index (χ3v) is 4.60. The number of rotatable bonds is 4. The summed E-state index contributed by atoms with van der Waals surface area (Å²) in [6.45, 7) is 0.596. The highest BCUT2D eigenvalue weighted by molar-refractivity contribution is 5.73. The number of carboxylic acids is 1. The fourth-order valence-electron chi connectivity index (χ4n) is 3.21. The van der Waals surface area contributed by atoms with Gasteiger partial charge in [0, 0.05) is 19.0 Å². The molecule has 6 heteroatoms. The van der Waals surface area contributed by atoms with Crippen molar-refractivity contribution in [3.8, 4) is 0 Å². The summed E-state index contributed by atoms with van der Waals surface area (Å²) in [5.41, 5.74) is 1.68. The van der Waals surface area contributed by atoms with Crippen molar-refractivity contribution in [2.75, 3.05) is 13.1 Å². The third-order valence-electron chi connectivity index (χ3n) is 4.60. The number of carbonyl (C=O) groups is 2. The predicted octanol–water partition coefficient (Wildman–Crippen LogP) is 3.65. The number of amides is 1. The number of carboxylic acid groups (broad SMARTS) is 1. The van der Waals surface area contributed by atoms with Crippen LogP contribution in [0, 0.1) is 11.7 Å². The number of piperidine rings is 1. The lowest BCUT2D eigenvalue weighted by Gasteiger charge is -2.35. The Bertz CT molecular complexity index is 763. The van der Waals surface area contributed by atoms with E-state index in [-0.39, 0.29) is 24.9 Å². The van der Waals surface area contributed by atoms with Crippen LogP contribution in [0.3, 0.4) is 0 Å². The fraction of sp³-hybridized carbons (Fsp3) is 0.300. The van der Waals surface area contributed by atoms with E-state index in [2.05, 4.69) is 0 Å². The van der Waals surface area contributed by atoms with Gasteiger partial charge in [-0.1, -0.05) is 42.5 Å². The van der Waals surface area contributed by atoms with Crippen LogP contribution in [0.25, 0.3) is 0 Å². The van der Waals surface area contributed by atoms with Gasteiger partial charge in [0.05, 0.1) is 5.92 Å². The summed E-state index contributed by atoms with van der Waals surface area (Å²) < 4.78 is 18.5. The number of benzene rings is 2. The van der Waals surface area contributed by atoms with Crippen molar-refractivity contribution in [1.82, 2.24) is 4.90 Å². The Morgan fingerprint density at radius 3 is 2.42 bits per heavy atom. The van der Waals surface area contributed by atoms with Crippen molar-refractivity contribution in [2.24, 2.45) is 5.92 Å². The Kier molecular flexibility index (Phi) is 5.51. The summed E-state index contributed by atoms with van der Waals surface area (Å²) in [7, 11) is 0. The highest BCUT2D eigenvalue weighted by atomic mass is 19.1. The smallest absolute Gasteiger partial charge is 0.410 e. The van der Waals surface area contributed by atoms with E-state index in [1.54, 1.807) is 12.1 Å². The Morgan fingerprint density at radius 1 is 1.08 bits per heavy atom. The van der Waals surface area contributed by atoms with E-state index in [1.165, 1.54) is 17.0 Å². The summed E-state index contributed by atoms with van der Waals surface area (Å²) in [5.74, 6) is -2.14. The van der Waals surface area contributed by atoms with Gasteiger partial charge in [-0.25, -0.2) is 9.18 Å². The second-order valence-electron chi connectivity index (χ2n) is 6.46. The molecule has 0 saturated carbocycles. The maximum Gasteiger partial charge on any atom is 0.410 e. The molecule has 2 unspecified atom stereocenters. The van der Waals surface area contributed by atoms with Crippen LogP contribution in [0.1, 0.15) is 23.5 Å². The predicted molar refractivity (Wildman–Crippen MR) is 93.1 cm³/mol. The van der Waals surface area contributed by atoms with Crippen LogP contribution in [-0.2, 0) is 16.1 Å². The lowest BCUT2D eigenvalue weighted by atomic mass is 9.84. The second-order valence-corrected chi connectivity index (χ2v) is 6.46. The monoisotopic (exact) mass is 357 g/mol. The quantitative estimate of drug-likeness (QED) is 0.907. The number of hydrogen-bond acceptors (Lipinski definition) is 3. The molecule has 1 N–H and O–H groups in total. The number of carbonyl (C=O) groups excluding carboxylic acids is 1. The van der Waals surface area contributed by atoms with E-state index in [1.807, 2.05) is 30.3 Å². The average molecular weight is 357 g/mol. The van der Waals surface area contributed by atoms with Crippen molar-refractivity contribution in [1.29, 1.82) is 0 Å². The highest BCUT2D eigenvalue weighted by Crippen LogP contribution is 2.31. The molecule has 1 amide bonds. The van der Waals surface area contributed by atoms with Gasteiger partial charge in [0.25, 0.3) is 0 Å². The standard InChI is InChI=1S/C20H20FNO4/c21-18-8-6-15(7-9-18)16-10-17(19(23)24)12-22(11-16)20(25)26-13-14-4-2-1-3-5-14/h1-9,16-17H,10-13H2,(H,23,24). The minimum Gasteiger partial charge on any atom is -0.481 e. The number of hydrogen-bond donors (Lipinski definition) is 1. The van der Waals surface area contributed by atoms with Gasteiger partial charge in [-0.3, -0.25) is 4.79 Å². The molecule has 0 bridgehead atoms. The average Bonchev–Trinajstić information content (AvgIpc) is 2.67. The van der Waals surface area contributed by atoms with Gasteiger partial charge in [0.1, 0.15) is 12.4 Å². The molecule has 0 aliphatic carbocycles. The molecular weight excluding hydrogens is 337 g/mol. The maximum absolute atomic E-state index is 13.1. The first kappa shape index (κ1) is 17.9. The van der Waals surface area contributed by atoms with Crippen molar-refractivity contribution in [3.63, 3.8) is 0 Å². The van der Waals surface area contributed by atoms with E-state index in [9.17, 15) is 19.1 Å². The van der Waals surface area contributed by atoms with E-state index in [0.29, 0.717) is 13.0 Å². The van der Waals surface area contributed by atoms with Crippen LogP contribution in [-0.4, -0.2) is 35.2 Å². The molecule has 136 valence electrons. The van der Waals surface area contributed by atoms with Gasteiger partial charge < -0.3 is 14.7 Å². The molecule has 0 radical (unpaired) electrons. The van der Waals surface area contributed by atoms with Gasteiger partial charge in [0.2, 0.25) is 0 Å². The highest BCUT2D eigenvalue weighted by Gasteiger charge is 2.35. The molecule has 2 aromatic rings. The summed E-state index contributed by atoms with van der Waals surface area (Å²) in [4.78, 5) is 25.3. The van der Waals surface area contributed by atoms with Crippen LogP contribution < -0.4 is 0 Å². The van der Waals surface area contributed by atoms with Crippen molar-refractivity contribution >= 4 is 12.1 Å². The Morgan fingerprint density at radius 2 is 1.77 bits per heavy atom. The number of aliphatic carboxylic acids is 1. The van der Waals surface area contributed by atoms with Crippen LogP contribution in [0.15, 0.2) is 54.6 Å². The first-order valence-corrected chi connectivity index (χ1v) is 8.47. The normalized spacial score (nSPS) is 19.8. The molecule has 0 spiro atoms. The lowest BCUT2D eigenvalue weighted by molar-refractivity contribution is -0.143. The fourth-order valence-corrected chi connectivity index (χ4v) is 3.21. The van der Waals surface area contributed by atoms with Gasteiger partial charge in [-0.2, -0.15) is 0 Å². The summed E-state index contributed by atoms with van der Waals surface area (Å²) in [5, 5.41) is 9.42. The molecule has 3 rings (SSSR count). The largest absolute Gasteiger partial charge is 0.481 e. The van der Waals surface area contributed by atoms with Gasteiger partial charge in [-0.15, -0.1) is 0 Å². The summed E-state index contributed by atoms with van der Waals surface area (Å²) >= 11 is 0. The summed E-state index contributed by atoms with van der Waals surface area (Å²) in [6, 6.07) is 15.3. The maximum atomic E-state index is 13.1. The van der Waals surface area contributed by atoms with Gasteiger partial charge in [0.15, 0.2) is 0 Å². The Hall–Kier alpha value is -2.89. The zero-order valence-electron chi connectivity index (χ0n) is 14.2.